The van der Waals surface area contributed by atoms with Crippen LogP contribution in [0.15, 0.2) is 84.9 Å². The fourth-order valence-electron chi connectivity index (χ4n) is 2.99. The van der Waals surface area contributed by atoms with Gasteiger partial charge in [0, 0.05) is 5.02 Å². The highest BCUT2D eigenvalue weighted by molar-refractivity contribution is 7.92. The molecule has 0 aliphatic heterocycles. The van der Waals surface area contributed by atoms with Gasteiger partial charge in [0.15, 0.2) is 0 Å². The molecule has 1 amide bonds. The zero-order chi connectivity index (χ0) is 20.9. The second-order valence-corrected chi connectivity index (χ2v) is 8.91. The molecule has 0 aliphatic rings. The maximum absolute atomic E-state index is 12.9. The maximum Gasteiger partial charge on any atom is 0.241 e. The third-order valence-corrected chi connectivity index (χ3v) is 5.77. The van der Waals surface area contributed by atoms with Gasteiger partial charge in [-0.2, -0.15) is 0 Å². The highest BCUT2D eigenvalue weighted by atomic mass is 35.5. The topological polar surface area (TPSA) is 66.5 Å². The fourth-order valence-corrected chi connectivity index (χ4v) is 3.98. The van der Waals surface area contributed by atoms with Gasteiger partial charge in [-0.1, -0.05) is 72.3 Å². The van der Waals surface area contributed by atoms with E-state index in [1.807, 2.05) is 60.7 Å². The Kier molecular flexibility index (Phi) is 6.56. The molecule has 0 spiro atoms. The number of carbonyl (C=O) groups is 1. The number of amides is 1. The normalized spacial score (nSPS) is 11.3. The molecule has 0 radical (unpaired) electrons. The van der Waals surface area contributed by atoms with Crippen molar-refractivity contribution in [1.29, 1.82) is 0 Å². The molecule has 0 heterocycles. The van der Waals surface area contributed by atoms with Gasteiger partial charge < -0.3 is 5.32 Å². The predicted molar refractivity (Wildman–Crippen MR) is 117 cm³/mol. The first kappa shape index (κ1) is 20.9. The Balaban J connectivity index is 1.86. The Bertz CT molecular complexity index is 1020. The van der Waals surface area contributed by atoms with E-state index in [-0.39, 0.29) is 6.54 Å². The van der Waals surface area contributed by atoms with E-state index in [4.69, 9.17) is 11.6 Å². The largest absolute Gasteiger partial charge is 0.344 e. The molecule has 0 saturated heterocycles. The van der Waals surface area contributed by atoms with Crippen molar-refractivity contribution in [2.24, 2.45) is 0 Å². The Labute approximate surface area is 176 Å². The molecule has 7 heteroatoms. The van der Waals surface area contributed by atoms with Gasteiger partial charge in [0.2, 0.25) is 15.9 Å². The van der Waals surface area contributed by atoms with Crippen LogP contribution in [0.1, 0.15) is 17.2 Å². The number of sulfonamides is 1. The van der Waals surface area contributed by atoms with Gasteiger partial charge in [-0.3, -0.25) is 9.10 Å². The van der Waals surface area contributed by atoms with Crippen LogP contribution in [0.3, 0.4) is 0 Å². The summed E-state index contributed by atoms with van der Waals surface area (Å²) in [6.07, 6.45) is 1.07. The zero-order valence-corrected chi connectivity index (χ0v) is 17.4. The summed E-state index contributed by atoms with van der Waals surface area (Å²) in [5.41, 5.74) is 2.19. The molecule has 5 nitrogen and oxygen atoms in total. The van der Waals surface area contributed by atoms with Crippen LogP contribution in [-0.2, 0) is 14.8 Å². The molecule has 3 aromatic carbocycles. The molecule has 0 aromatic heterocycles. The van der Waals surface area contributed by atoms with Crippen LogP contribution in [0.2, 0.25) is 5.02 Å². The highest BCUT2D eigenvalue weighted by Crippen LogP contribution is 2.23. The summed E-state index contributed by atoms with van der Waals surface area (Å²) < 4.78 is 25.6. The summed E-state index contributed by atoms with van der Waals surface area (Å²) in [5.74, 6) is -0.414. The number of hydrogen-bond donors (Lipinski definition) is 1. The Morgan fingerprint density at radius 2 is 1.38 bits per heavy atom. The number of anilines is 1. The maximum atomic E-state index is 12.9. The van der Waals surface area contributed by atoms with E-state index in [2.05, 4.69) is 5.32 Å². The average molecular weight is 429 g/mol. The van der Waals surface area contributed by atoms with Crippen molar-refractivity contribution in [3.05, 3.63) is 101 Å². The number of rotatable bonds is 7. The minimum atomic E-state index is -3.66. The number of halogens is 1. The monoisotopic (exact) mass is 428 g/mol. The van der Waals surface area contributed by atoms with E-state index >= 15 is 0 Å². The third kappa shape index (κ3) is 5.59. The van der Waals surface area contributed by atoms with Crippen LogP contribution < -0.4 is 9.62 Å². The van der Waals surface area contributed by atoms with Crippen LogP contribution in [0, 0.1) is 0 Å². The number of carbonyl (C=O) groups excluding carboxylic acids is 1. The Morgan fingerprint density at radius 3 is 1.83 bits per heavy atom. The Morgan fingerprint density at radius 1 is 0.897 bits per heavy atom. The van der Waals surface area contributed by atoms with E-state index in [0.29, 0.717) is 10.7 Å². The molecular weight excluding hydrogens is 408 g/mol. The van der Waals surface area contributed by atoms with E-state index in [0.717, 1.165) is 21.7 Å². The molecule has 3 rings (SSSR count). The number of nitrogens with one attached hydrogen (secondary N) is 1. The summed E-state index contributed by atoms with van der Waals surface area (Å²) in [5, 5.41) is 3.45. The van der Waals surface area contributed by atoms with Crippen molar-refractivity contribution in [1.82, 2.24) is 5.32 Å². The van der Waals surface area contributed by atoms with Crippen LogP contribution in [0.5, 0.6) is 0 Å². The standard InChI is InChI=1S/C22H21ClN2O3S/c1-29(27,28)25(20-14-12-19(23)13-15-20)16-21(26)24-22(17-8-4-2-5-9-17)18-10-6-3-7-11-18/h2-15,22H,16H2,1H3,(H,24,26). The second-order valence-electron chi connectivity index (χ2n) is 6.57. The summed E-state index contributed by atoms with van der Waals surface area (Å²) in [6.45, 7) is -0.337. The average Bonchev–Trinajstić information content (AvgIpc) is 2.71. The molecular formula is C22H21ClN2O3S. The molecule has 0 aliphatic carbocycles. The first-order valence-corrected chi connectivity index (χ1v) is 11.2. The summed E-state index contributed by atoms with van der Waals surface area (Å²) in [7, 11) is -3.66. The third-order valence-electron chi connectivity index (χ3n) is 4.37. The van der Waals surface area contributed by atoms with Crippen molar-refractivity contribution in [2.45, 2.75) is 6.04 Å². The quantitative estimate of drug-likeness (QED) is 0.618. The summed E-state index contributed by atoms with van der Waals surface area (Å²) in [4.78, 5) is 12.9. The van der Waals surface area contributed by atoms with Crippen molar-refractivity contribution < 1.29 is 13.2 Å². The lowest BCUT2D eigenvalue weighted by atomic mass is 9.99. The number of benzene rings is 3. The van der Waals surface area contributed by atoms with Gasteiger partial charge in [-0.25, -0.2) is 8.42 Å². The highest BCUT2D eigenvalue weighted by Gasteiger charge is 2.23. The lowest BCUT2D eigenvalue weighted by Gasteiger charge is -2.25. The van der Waals surface area contributed by atoms with E-state index in [1.54, 1.807) is 24.3 Å². The van der Waals surface area contributed by atoms with Crippen LogP contribution in [-0.4, -0.2) is 27.1 Å². The Hall–Kier alpha value is -2.83. The van der Waals surface area contributed by atoms with Gasteiger partial charge >= 0.3 is 0 Å². The summed E-state index contributed by atoms with van der Waals surface area (Å²) in [6, 6.07) is 25.0. The smallest absolute Gasteiger partial charge is 0.241 e. The van der Waals surface area contributed by atoms with Gasteiger partial charge in [0.1, 0.15) is 6.54 Å². The minimum absolute atomic E-state index is 0.337. The molecule has 0 fully saturated rings. The number of nitrogens with zero attached hydrogens (tertiary/aromatic N) is 1. The van der Waals surface area contributed by atoms with Crippen molar-refractivity contribution in [2.75, 3.05) is 17.1 Å². The van der Waals surface area contributed by atoms with Crippen molar-refractivity contribution in [3.63, 3.8) is 0 Å². The van der Waals surface area contributed by atoms with Crippen LogP contribution in [0.4, 0.5) is 5.69 Å². The van der Waals surface area contributed by atoms with Gasteiger partial charge in [0.05, 0.1) is 18.0 Å². The lowest BCUT2D eigenvalue weighted by Crippen LogP contribution is -2.41. The zero-order valence-electron chi connectivity index (χ0n) is 15.8. The van der Waals surface area contributed by atoms with Crippen LogP contribution >= 0.6 is 11.6 Å². The van der Waals surface area contributed by atoms with Crippen molar-refractivity contribution in [3.8, 4) is 0 Å². The van der Waals surface area contributed by atoms with Gasteiger partial charge in [-0.05, 0) is 35.4 Å². The molecule has 1 N–H and O–H groups in total. The van der Waals surface area contributed by atoms with Crippen molar-refractivity contribution >= 4 is 33.2 Å². The van der Waals surface area contributed by atoms with E-state index < -0.39 is 22.0 Å². The molecule has 0 unspecified atom stereocenters. The van der Waals surface area contributed by atoms with Gasteiger partial charge in [-0.15, -0.1) is 0 Å². The summed E-state index contributed by atoms with van der Waals surface area (Å²) >= 11 is 5.89. The molecule has 150 valence electrons. The molecule has 0 bridgehead atoms. The number of hydrogen-bond acceptors (Lipinski definition) is 3. The predicted octanol–water partition coefficient (Wildman–Crippen LogP) is 4.01. The first-order valence-electron chi connectivity index (χ1n) is 8.97. The SMILES string of the molecule is CS(=O)(=O)N(CC(=O)NC(c1ccccc1)c1ccccc1)c1ccc(Cl)cc1. The first-order chi connectivity index (χ1) is 13.8. The lowest BCUT2D eigenvalue weighted by molar-refractivity contribution is -0.120. The van der Waals surface area contributed by atoms with Gasteiger partial charge in [0.25, 0.3) is 0 Å². The minimum Gasteiger partial charge on any atom is -0.344 e. The van der Waals surface area contributed by atoms with E-state index in [9.17, 15) is 13.2 Å². The molecule has 0 saturated carbocycles. The molecule has 0 atom stereocenters. The van der Waals surface area contributed by atoms with Crippen LogP contribution in [0.25, 0.3) is 0 Å². The molecule has 3 aromatic rings. The van der Waals surface area contributed by atoms with E-state index in [1.165, 1.54) is 0 Å². The molecule has 29 heavy (non-hydrogen) atoms. The second kappa shape index (κ2) is 9.11. The fraction of sp³-hybridized carbons (Fsp3) is 0.136.